The van der Waals surface area contributed by atoms with Gasteiger partial charge in [0.2, 0.25) is 5.75 Å². The third kappa shape index (κ3) is 6.27. The number of ether oxygens (including phenoxy) is 1. The molecule has 0 spiro atoms. The fraction of sp³-hybridized carbons (Fsp3) is 0.500. The van der Waals surface area contributed by atoms with Gasteiger partial charge in [0.25, 0.3) is 0 Å². The van der Waals surface area contributed by atoms with E-state index in [-0.39, 0.29) is 5.56 Å². The molecule has 0 saturated carbocycles. The smallest absolute Gasteiger partial charge is 0.388 e. The van der Waals surface area contributed by atoms with Crippen molar-refractivity contribution in [3.8, 4) is 5.75 Å². The van der Waals surface area contributed by atoms with E-state index >= 15 is 0 Å². The molecule has 0 aliphatic heterocycles. The fourth-order valence-electron chi connectivity index (χ4n) is 2.64. The summed E-state index contributed by atoms with van der Waals surface area (Å²) < 4.78 is 4.89. The number of carbonyl (C=O) groups is 1. The zero-order valence-corrected chi connectivity index (χ0v) is 15.1. The molecule has 1 rings (SSSR count). The van der Waals surface area contributed by atoms with E-state index in [9.17, 15) is 25.0 Å². The van der Waals surface area contributed by atoms with Gasteiger partial charge in [0.1, 0.15) is 0 Å². The van der Waals surface area contributed by atoms with E-state index in [0.29, 0.717) is 12.8 Å². The molecule has 142 valence electrons. The van der Waals surface area contributed by atoms with E-state index in [0.717, 1.165) is 38.2 Å². The average Bonchev–Trinajstić information content (AvgIpc) is 2.58. The lowest BCUT2D eigenvalue weighted by Crippen LogP contribution is -2.08. The first kappa shape index (κ1) is 21.3. The summed E-state index contributed by atoms with van der Waals surface area (Å²) in [7, 11) is 0. The number of rotatable bonds is 11. The molecule has 0 saturated heterocycles. The second-order valence-corrected chi connectivity index (χ2v) is 5.87. The van der Waals surface area contributed by atoms with E-state index in [4.69, 9.17) is 4.74 Å². The molecule has 0 heterocycles. The molecule has 0 unspecified atom stereocenters. The maximum Gasteiger partial charge on any atom is 0.388 e. The van der Waals surface area contributed by atoms with E-state index in [1.165, 1.54) is 18.2 Å². The zero-order chi connectivity index (χ0) is 19.5. The van der Waals surface area contributed by atoms with Gasteiger partial charge < -0.3 is 4.74 Å². The Bertz CT molecular complexity index is 685. The second-order valence-electron chi connectivity index (χ2n) is 5.87. The Morgan fingerprint density at radius 2 is 1.65 bits per heavy atom. The Morgan fingerprint density at radius 1 is 1.04 bits per heavy atom. The van der Waals surface area contributed by atoms with Crippen LogP contribution in [0.3, 0.4) is 0 Å². The van der Waals surface area contributed by atoms with Gasteiger partial charge in [-0.15, -0.1) is 0 Å². The lowest BCUT2D eigenvalue weighted by atomic mass is 10.0. The fourth-order valence-corrected chi connectivity index (χ4v) is 2.64. The van der Waals surface area contributed by atoms with Crippen molar-refractivity contribution < 1.29 is 19.4 Å². The van der Waals surface area contributed by atoms with Gasteiger partial charge in [0.15, 0.2) is 0 Å². The summed E-state index contributed by atoms with van der Waals surface area (Å²) in [5.74, 6) is -1.25. The summed E-state index contributed by atoms with van der Waals surface area (Å²) in [6.07, 6.45) is 8.90. The molecule has 8 nitrogen and oxygen atoms in total. The SMILES string of the molecule is C/C=C/C(=O)Oc1ccc(CCCCCCCC)c([N+](=O)[O-])c1[N+](=O)[O-]. The van der Waals surface area contributed by atoms with Gasteiger partial charge >= 0.3 is 17.3 Å². The van der Waals surface area contributed by atoms with Crippen LogP contribution in [0.25, 0.3) is 0 Å². The molecule has 0 aliphatic carbocycles. The summed E-state index contributed by atoms with van der Waals surface area (Å²) in [6.45, 7) is 3.70. The lowest BCUT2D eigenvalue weighted by molar-refractivity contribution is -0.423. The number of carbonyl (C=O) groups excluding carboxylic acids is 1. The highest BCUT2D eigenvalue weighted by atomic mass is 16.6. The van der Waals surface area contributed by atoms with Crippen LogP contribution in [0.5, 0.6) is 5.75 Å². The van der Waals surface area contributed by atoms with Crippen LogP contribution in [0.2, 0.25) is 0 Å². The van der Waals surface area contributed by atoms with Gasteiger partial charge in [-0.1, -0.05) is 45.1 Å². The topological polar surface area (TPSA) is 113 Å². The van der Waals surface area contributed by atoms with Crippen LogP contribution in [0.4, 0.5) is 11.4 Å². The molecular weight excluding hydrogens is 340 g/mol. The lowest BCUT2D eigenvalue weighted by Gasteiger charge is -2.07. The maximum absolute atomic E-state index is 11.5. The molecule has 0 amide bonds. The molecule has 0 radical (unpaired) electrons. The third-order valence-corrected chi connectivity index (χ3v) is 3.88. The number of unbranched alkanes of at least 4 members (excludes halogenated alkanes) is 5. The van der Waals surface area contributed by atoms with Crippen LogP contribution in [-0.2, 0) is 11.2 Å². The highest BCUT2D eigenvalue weighted by molar-refractivity contribution is 5.85. The maximum atomic E-state index is 11.5. The molecule has 0 N–H and O–H groups in total. The normalized spacial score (nSPS) is 10.8. The van der Waals surface area contributed by atoms with Crippen LogP contribution in [0.15, 0.2) is 24.3 Å². The van der Waals surface area contributed by atoms with Crippen molar-refractivity contribution in [2.75, 3.05) is 0 Å². The average molecular weight is 364 g/mol. The van der Waals surface area contributed by atoms with Crippen molar-refractivity contribution in [1.29, 1.82) is 0 Å². The predicted molar refractivity (Wildman–Crippen MR) is 97.3 cm³/mol. The highest BCUT2D eigenvalue weighted by Crippen LogP contribution is 2.40. The Balaban J connectivity index is 3.05. The summed E-state index contributed by atoms with van der Waals surface area (Å²) in [4.78, 5) is 32.7. The number of aryl methyl sites for hydroxylation is 1. The van der Waals surface area contributed by atoms with Crippen molar-refractivity contribution in [2.45, 2.75) is 58.8 Å². The van der Waals surface area contributed by atoms with Crippen molar-refractivity contribution in [1.82, 2.24) is 0 Å². The minimum absolute atomic E-state index is 0.281. The first-order chi connectivity index (χ1) is 12.4. The Morgan fingerprint density at radius 3 is 2.23 bits per heavy atom. The molecule has 0 fully saturated rings. The standard InChI is InChI=1S/C18H24N2O6/c1-3-5-6-7-8-9-11-14-12-13-15(26-16(21)10-4-2)18(20(24)25)17(14)19(22)23/h4,10,12-13H,3,5-9,11H2,1-2H3/b10-4+. The van der Waals surface area contributed by atoms with Gasteiger partial charge in [-0.05, 0) is 31.9 Å². The van der Waals surface area contributed by atoms with Crippen LogP contribution in [-0.4, -0.2) is 15.8 Å². The van der Waals surface area contributed by atoms with Crippen LogP contribution in [0.1, 0.15) is 57.9 Å². The number of esters is 1. The molecule has 8 heteroatoms. The summed E-state index contributed by atoms with van der Waals surface area (Å²) in [6, 6.07) is 2.67. The molecule has 26 heavy (non-hydrogen) atoms. The predicted octanol–water partition coefficient (Wildman–Crippen LogP) is 4.89. The van der Waals surface area contributed by atoms with E-state index in [2.05, 4.69) is 6.92 Å². The van der Waals surface area contributed by atoms with Gasteiger partial charge in [-0.25, -0.2) is 4.79 Å². The zero-order valence-electron chi connectivity index (χ0n) is 15.1. The molecular formula is C18H24N2O6. The van der Waals surface area contributed by atoms with E-state index < -0.39 is 32.9 Å². The molecule has 1 aromatic carbocycles. The van der Waals surface area contributed by atoms with Crippen molar-refractivity contribution in [3.05, 3.63) is 50.1 Å². The number of hydrogen-bond acceptors (Lipinski definition) is 6. The largest absolute Gasteiger partial charge is 0.416 e. The van der Waals surface area contributed by atoms with Crippen molar-refractivity contribution in [3.63, 3.8) is 0 Å². The third-order valence-electron chi connectivity index (χ3n) is 3.88. The van der Waals surface area contributed by atoms with Crippen LogP contribution in [0, 0.1) is 20.2 Å². The van der Waals surface area contributed by atoms with Gasteiger partial charge in [0, 0.05) is 11.6 Å². The minimum Gasteiger partial charge on any atom is -0.416 e. The number of nitro benzene ring substituents is 2. The molecule has 0 bridgehead atoms. The number of allylic oxidation sites excluding steroid dienone is 1. The first-order valence-electron chi connectivity index (χ1n) is 8.71. The Labute approximate surface area is 152 Å². The van der Waals surface area contributed by atoms with E-state index in [1.54, 1.807) is 6.92 Å². The molecule has 1 aromatic rings. The Kier molecular flexibility index (Phi) is 8.97. The second kappa shape index (κ2) is 11.0. The first-order valence-corrected chi connectivity index (χ1v) is 8.71. The Hall–Kier alpha value is -2.77. The van der Waals surface area contributed by atoms with E-state index in [1.807, 2.05) is 0 Å². The van der Waals surface area contributed by atoms with Crippen molar-refractivity contribution >= 4 is 17.3 Å². The quantitative estimate of drug-likeness (QED) is 0.138. The van der Waals surface area contributed by atoms with Gasteiger partial charge in [-0.2, -0.15) is 0 Å². The molecule has 0 atom stereocenters. The molecule has 0 aliphatic rings. The summed E-state index contributed by atoms with van der Waals surface area (Å²) >= 11 is 0. The summed E-state index contributed by atoms with van der Waals surface area (Å²) in [5, 5.41) is 22.8. The van der Waals surface area contributed by atoms with Gasteiger partial charge in [0.05, 0.1) is 9.85 Å². The number of nitro groups is 2. The summed E-state index contributed by atoms with van der Waals surface area (Å²) in [5.41, 5.74) is -1.10. The number of hydrogen-bond donors (Lipinski definition) is 0. The van der Waals surface area contributed by atoms with Crippen molar-refractivity contribution in [2.24, 2.45) is 0 Å². The molecule has 0 aromatic heterocycles. The minimum atomic E-state index is -0.874. The highest BCUT2D eigenvalue weighted by Gasteiger charge is 2.34. The van der Waals surface area contributed by atoms with Crippen LogP contribution < -0.4 is 4.74 Å². The van der Waals surface area contributed by atoms with Gasteiger partial charge in [-0.3, -0.25) is 20.2 Å². The number of benzene rings is 1. The number of nitrogens with zero attached hydrogens (tertiary/aromatic N) is 2. The van der Waals surface area contributed by atoms with Crippen LogP contribution >= 0.6 is 0 Å². The monoisotopic (exact) mass is 364 g/mol.